The van der Waals surface area contributed by atoms with Crippen LogP contribution in [0.15, 0.2) is 33.5 Å². The van der Waals surface area contributed by atoms with E-state index in [2.05, 4.69) is 0 Å². The fourth-order valence-corrected chi connectivity index (χ4v) is 4.95. The predicted molar refractivity (Wildman–Crippen MR) is 129 cm³/mol. The largest absolute Gasteiger partial charge is 0.507 e. The number of carboxylic acid groups (broad SMARTS) is 1. The molecule has 1 saturated heterocycles. The minimum Gasteiger partial charge on any atom is -0.507 e. The van der Waals surface area contributed by atoms with Crippen LogP contribution in [0.4, 0.5) is 0 Å². The Hall–Kier alpha value is -3.27. The number of nitrogens with zero attached hydrogens (tertiary/aromatic N) is 1. The zero-order valence-corrected chi connectivity index (χ0v) is 20.2. The van der Waals surface area contributed by atoms with Gasteiger partial charge in [0.05, 0.1) is 15.6 Å². The van der Waals surface area contributed by atoms with Gasteiger partial charge in [-0.2, -0.15) is 0 Å². The number of piperidine rings is 1. The van der Waals surface area contributed by atoms with Gasteiger partial charge in [-0.25, -0.2) is 4.79 Å². The number of carboxylic acids is 1. The quantitative estimate of drug-likeness (QED) is 0.430. The van der Waals surface area contributed by atoms with Crippen LogP contribution in [-0.2, 0) is 9.53 Å². The van der Waals surface area contributed by atoms with Crippen molar-refractivity contribution in [2.24, 2.45) is 0 Å². The molecule has 2 atom stereocenters. The first kappa shape index (κ1) is 24.8. The zero-order valence-electron chi connectivity index (χ0n) is 18.7. The summed E-state index contributed by atoms with van der Waals surface area (Å²) in [5.41, 5.74) is -0.581. The minimum absolute atomic E-state index is 0.0303. The Bertz CT molecular complexity index is 1420. The maximum absolute atomic E-state index is 13.1. The summed E-state index contributed by atoms with van der Waals surface area (Å²) in [5, 5.41) is 30.2. The highest BCUT2D eigenvalue weighted by Gasteiger charge is 2.36. The number of aromatic carboxylic acids is 1. The molecule has 9 nitrogen and oxygen atoms in total. The number of phenols is 2. The predicted octanol–water partition coefficient (Wildman–Crippen LogP) is 4.23. The number of ether oxygens (including phenoxy) is 1. The van der Waals surface area contributed by atoms with Crippen LogP contribution in [0.5, 0.6) is 11.5 Å². The molecule has 11 heteroatoms. The van der Waals surface area contributed by atoms with Gasteiger partial charge in [-0.15, -0.1) is 0 Å². The standard InChI is InChI=1S/C24H21Cl2NO8/c1-10(28)34-20-9-27(2)4-3-11(20)21-16(29)7-17(30)22-18(31)8-19(35-23(21)22)12-5-15(26)13(24(32)33)6-14(12)25/h5-8,11,20,29-30H,3-4,9H2,1-2H3,(H,32,33)/t11-,20+/m0/s1. The van der Waals surface area contributed by atoms with E-state index in [1.807, 2.05) is 11.9 Å². The SMILES string of the molecule is CC(=O)O[C@@H]1CN(C)CC[C@@H]1c1c(O)cc(O)c2c(=O)cc(-c3cc(Cl)c(C(=O)O)cc3Cl)oc12. The number of carbonyl (C=O) groups is 2. The van der Waals surface area contributed by atoms with E-state index in [4.69, 9.17) is 32.4 Å². The zero-order chi connectivity index (χ0) is 25.6. The topological polar surface area (TPSA) is 138 Å². The first-order chi connectivity index (χ1) is 16.5. The van der Waals surface area contributed by atoms with E-state index in [0.29, 0.717) is 19.5 Å². The third-order valence-electron chi connectivity index (χ3n) is 6.00. The lowest BCUT2D eigenvalue weighted by atomic mass is 9.85. The van der Waals surface area contributed by atoms with E-state index >= 15 is 0 Å². The smallest absolute Gasteiger partial charge is 0.337 e. The molecule has 0 radical (unpaired) electrons. The van der Waals surface area contributed by atoms with Gasteiger partial charge in [-0.1, -0.05) is 23.2 Å². The Kier molecular flexibility index (Phi) is 6.68. The molecule has 0 spiro atoms. The number of hydrogen-bond acceptors (Lipinski definition) is 8. The highest BCUT2D eigenvalue weighted by molar-refractivity contribution is 6.37. The van der Waals surface area contributed by atoms with Crippen molar-refractivity contribution in [2.75, 3.05) is 20.1 Å². The van der Waals surface area contributed by atoms with Crippen molar-refractivity contribution in [2.45, 2.75) is 25.4 Å². The number of likely N-dealkylation sites (N-methyl/N-ethyl adjacent to an activating group) is 1. The molecule has 0 saturated carbocycles. The van der Waals surface area contributed by atoms with Crippen molar-refractivity contribution in [3.8, 4) is 22.8 Å². The highest BCUT2D eigenvalue weighted by atomic mass is 35.5. The average molecular weight is 522 g/mol. The molecule has 1 aliphatic rings. The lowest BCUT2D eigenvalue weighted by Gasteiger charge is -2.36. The number of hydrogen-bond donors (Lipinski definition) is 3. The number of rotatable bonds is 4. The summed E-state index contributed by atoms with van der Waals surface area (Å²) in [6.45, 7) is 2.28. The summed E-state index contributed by atoms with van der Waals surface area (Å²) in [6, 6.07) is 4.55. The first-order valence-electron chi connectivity index (χ1n) is 10.6. The Morgan fingerprint density at radius 3 is 2.49 bits per heavy atom. The number of esters is 1. The Balaban J connectivity index is 1.97. The van der Waals surface area contributed by atoms with Gasteiger partial charge in [-0.3, -0.25) is 9.59 Å². The molecule has 1 aromatic heterocycles. The summed E-state index contributed by atoms with van der Waals surface area (Å²) in [4.78, 5) is 38.1. The maximum Gasteiger partial charge on any atom is 0.337 e. The molecule has 35 heavy (non-hydrogen) atoms. The van der Waals surface area contributed by atoms with Crippen LogP contribution in [0.1, 0.15) is 35.2 Å². The van der Waals surface area contributed by atoms with Gasteiger partial charge in [-0.05, 0) is 32.1 Å². The van der Waals surface area contributed by atoms with Crippen molar-refractivity contribution in [1.29, 1.82) is 0 Å². The monoisotopic (exact) mass is 521 g/mol. The summed E-state index contributed by atoms with van der Waals surface area (Å²) in [6.07, 6.45) is -0.179. The molecule has 2 heterocycles. The third-order valence-corrected chi connectivity index (χ3v) is 6.63. The highest BCUT2D eigenvalue weighted by Crippen LogP contribution is 2.44. The van der Waals surface area contributed by atoms with Crippen LogP contribution < -0.4 is 5.43 Å². The molecule has 1 aliphatic heterocycles. The molecule has 0 bridgehead atoms. The number of aromatic hydroxyl groups is 2. The van der Waals surface area contributed by atoms with E-state index in [0.717, 1.165) is 18.2 Å². The molecular formula is C24H21Cl2NO8. The lowest BCUT2D eigenvalue weighted by Crippen LogP contribution is -2.43. The van der Waals surface area contributed by atoms with Crippen molar-refractivity contribution >= 4 is 46.1 Å². The number of benzene rings is 2. The molecule has 3 N–H and O–H groups in total. The van der Waals surface area contributed by atoms with Crippen LogP contribution in [-0.4, -0.2) is 58.4 Å². The minimum atomic E-state index is -1.28. The number of phenolic OH excluding ortho intramolecular Hbond substituents is 2. The molecule has 184 valence electrons. The molecule has 4 rings (SSSR count). The van der Waals surface area contributed by atoms with Gasteiger partial charge < -0.3 is 29.4 Å². The van der Waals surface area contributed by atoms with Crippen molar-refractivity contribution in [3.05, 3.63) is 55.7 Å². The fourth-order valence-electron chi connectivity index (χ4n) is 4.45. The van der Waals surface area contributed by atoms with Gasteiger partial charge in [0, 0.05) is 42.6 Å². The number of likely N-dealkylation sites (tertiary alicyclic amines) is 1. The Morgan fingerprint density at radius 2 is 1.83 bits per heavy atom. The van der Waals surface area contributed by atoms with Gasteiger partial charge in [0.1, 0.15) is 34.3 Å². The second-order valence-corrected chi connectivity index (χ2v) is 9.24. The van der Waals surface area contributed by atoms with Crippen molar-refractivity contribution in [1.82, 2.24) is 4.90 Å². The summed E-state index contributed by atoms with van der Waals surface area (Å²) < 4.78 is 11.5. The molecule has 0 unspecified atom stereocenters. The van der Waals surface area contributed by atoms with Crippen LogP contribution in [0.2, 0.25) is 10.0 Å². The Labute approximate surface area is 209 Å². The van der Waals surface area contributed by atoms with Gasteiger partial charge in [0.15, 0.2) is 5.43 Å². The second kappa shape index (κ2) is 9.41. The van der Waals surface area contributed by atoms with E-state index < -0.39 is 35.1 Å². The van der Waals surface area contributed by atoms with Gasteiger partial charge in [0.25, 0.3) is 0 Å². The van der Waals surface area contributed by atoms with Gasteiger partial charge in [0.2, 0.25) is 0 Å². The summed E-state index contributed by atoms with van der Waals surface area (Å²) in [7, 11) is 1.87. The second-order valence-electron chi connectivity index (χ2n) is 8.43. The molecule has 0 aliphatic carbocycles. The van der Waals surface area contributed by atoms with E-state index in [9.17, 15) is 29.7 Å². The molecule has 2 aromatic carbocycles. The van der Waals surface area contributed by atoms with E-state index in [1.165, 1.54) is 13.0 Å². The first-order valence-corrected chi connectivity index (χ1v) is 11.3. The molecule has 3 aromatic rings. The summed E-state index contributed by atoms with van der Waals surface area (Å²) >= 11 is 12.4. The molecule has 1 fully saturated rings. The number of halogens is 2. The van der Waals surface area contributed by atoms with Crippen molar-refractivity contribution < 1.29 is 34.1 Å². The van der Waals surface area contributed by atoms with Crippen LogP contribution in [0.25, 0.3) is 22.3 Å². The maximum atomic E-state index is 13.1. The number of fused-ring (bicyclic) bond motifs is 1. The normalized spacial score (nSPS) is 18.5. The van der Waals surface area contributed by atoms with Crippen LogP contribution >= 0.6 is 23.2 Å². The number of carbonyl (C=O) groups excluding carboxylic acids is 1. The average Bonchev–Trinajstić information content (AvgIpc) is 2.75. The van der Waals surface area contributed by atoms with Crippen LogP contribution in [0, 0.1) is 0 Å². The van der Waals surface area contributed by atoms with E-state index in [1.54, 1.807) is 0 Å². The Morgan fingerprint density at radius 1 is 1.11 bits per heavy atom. The van der Waals surface area contributed by atoms with Crippen LogP contribution in [0.3, 0.4) is 0 Å². The van der Waals surface area contributed by atoms with Gasteiger partial charge >= 0.3 is 11.9 Å². The molecule has 0 amide bonds. The molecular weight excluding hydrogens is 501 g/mol. The van der Waals surface area contributed by atoms with E-state index in [-0.39, 0.29) is 49.2 Å². The third kappa shape index (κ3) is 4.67. The van der Waals surface area contributed by atoms with Crippen molar-refractivity contribution in [3.63, 3.8) is 0 Å². The fraction of sp³-hybridized carbons (Fsp3) is 0.292. The summed E-state index contributed by atoms with van der Waals surface area (Å²) in [5.74, 6) is -3.17. The lowest BCUT2D eigenvalue weighted by molar-refractivity contribution is -0.149.